The van der Waals surface area contributed by atoms with E-state index >= 15 is 0 Å². The maximum Gasteiger partial charge on any atom is 0.263 e. The number of rotatable bonds is 3. The third-order valence-corrected chi connectivity index (χ3v) is 7.94. The molecule has 0 amide bonds. The first-order valence-electron chi connectivity index (χ1n) is 13.5. The lowest BCUT2D eigenvalue weighted by Gasteiger charge is -2.15. The molecule has 0 radical (unpaired) electrons. The molecule has 0 aliphatic heterocycles. The quantitative estimate of drug-likeness (QED) is 0.217. The van der Waals surface area contributed by atoms with E-state index in [-0.39, 0.29) is 5.56 Å². The summed E-state index contributed by atoms with van der Waals surface area (Å²) in [7, 11) is 0. The SMILES string of the molecule is O=c1c2ccccc2c2cc(-c3ccccc3)ccc2n1-c1ccc(-n2c3ccccc3c3ccccc32)cc1. The Morgan fingerprint density at radius 2 is 0.850 bits per heavy atom. The van der Waals surface area contributed by atoms with E-state index in [1.807, 2.05) is 34.9 Å². The van der Waals surface area contributed by atoms with Crippen LogP contribution in [0, 0.1) is 0 Å². The zero-order chi connectivity index (χ0) is 26.6. The van der Waals surface area contributed by atoms with Gasteiger partial charge in [-0.2, -0.15) is 0 Å². The van der Waals surface area contributed by atoms with Crippen molar-refractivity contribution >= 4 is 43.5 Å². The summed E-state index contributed by atoms with van der Waals surface area (Å²) in [5, 5.41) is 5.20. The van der Waals surface area contributed by atoms with Crippen LogP contribution in [0.15, 0.2) is 150 Å². The number of para-hydroxylation sites is 2. The van der Waals surface area contributed by atoms with E-state index in [1.165, 1.54) is 21.8 Å². The molecule has 0 atom stereocenters. The van der Waals surface area contributed by atoms with Crippen molar-refractivity contribution in [3.05, 3.63) is 156 Å². The highest BCUT2D eigenvalue weighted by atomic mass is 16.1. The second-order valence-corrected chi connectivity index (χ2v) is 10.2. The Labute approximate surface area is 230 Å². The molecule has 3 heteroatoms. The van der Waals surface area contributed by atoms with Gasteiger partial charge in [-0.15, -0.1) is 0 Å². The Hall–Kier alpha value is -5.41. The van der Waals surface area contributed by atoms with Crippen molar-refractivity contribution in [3.63, 3.8) is 0 Å². The maximum atomic E-state index is 13.9. The fraction of sp³-hybridized carbons (Fsp3) is 0. The number of nitrogens with zero attached hydrogens (tertiary/aromatic N) is 2. The van der Waals surface area contributed by atoms with E-state index in [1.54, 1.807) is 0 Å². The van der Waals surface area contributed by atoms with Gasteiger partial charge < -0.3 is 4.57 Å². The minimum absolute atomic E-state index is 0.0137. The molecule has 2 aromatic heterocycles. The summed E-state index contributed by atoms with van der Waals surface area (Å²) in [6, 6.07) is 50.0. The van der Waals surface area contributed by atoms with Gasteiger partial charge in [-0.05, 0) is 71.1 Å². The zero-order valence-electron chi connectivity index (χ0n) is 21.7. The summed E-state index contributed by atoms with van der Waals surface area (Å²) in [6.07, 6.45) is 0. The molecule has 8 rings (SSSR count). The van der Waals surface area contributed by atoms with E-state index in [0.29, 0.717) is 5.39 Å². The molecule has 0 unspecified atom stereocenters. The van der Waals surface area contributed by atoms with Crippen LogP contribution in [0.5, 0.6) is 0 Å². The predicted octanol–water partition coefficient (Wildman–Crippen LogP) is 8.91. The third kappa shape index (κ3) is 3.35. The van der Waals surface area contributed by atoms with Gasteiger partial charge in [-0.25, -0.2) is 0 Å². The van der Waals surface area contributed by atoms with Gasteiger partial charge in [-0.3, -0.25) is 9.36 Å². The summed E-state index contributed by atoms with van der Waals surface area (Å²) in [5.41, 5.74) is 7.40. The van der Waals surface area contributed by atoms with Crippen molar-refractivity contribution in [2.75, 3.05) is 0 Å². The molecule has 8 aromatic rings. The molecule has 0 N–H and O–H groups in total. The molecule has 3 nitrogen and oxygen atoms in total. The number of benzene rings is 6. The van der Waals surface area contributed by atoms with E-state index in [0.717, 1.165) is 38.8 Å². The molecule has 40 heavy (non-hydrogen) atoms. The van der Waals surface area contributed by atoms with Gasteiger partial charge in [-0.1, -0.05) is 91.0 Å². The van der Waals surface area contributed by atoms with Gasteiger partial charge in [0.2, 0.25) is 0 Å². The van der Waals surface area contributed by atoms with Crippen molar-refractivity contribution in [2.24, 2.45) is 0 Å². The van der Waals surface area contributed by atoms with Crippen LogP contribution in [0.3, 0.4) is 0 Å². The lowest BCUT2D eigenvalue weighted by Crippen LogP contribution is -2.19. The molecule has 0 bridgehead atoms. The first kappa shape index (κ1) is 22.6. The largest absolute Gasteiger partial charge is 0.309 e. The Bertz CT molecular complexity index is 2220. The van der Waals surface area contributed by atoms with Crippen LogP contribution in [0.4, 0.5) is 0 Å². The third-order valence-electron chi connectivity index (χ3n) is 7.94. The first-order valence-corrected chi connectivity index (χ1v) is 13.5. The fourth-order valence-corrected chi connectivity index (χ4v) is 6.10. The van der Waals surface area contributed by atoms with Crippen LogP contribution < -0.4 is 5.56 Å². The molecule has 2 heterocycles. The molecule has 188 valence electrons. The zero-order valence-corrected chi connectivity index (χ0v) is 21.7. The van der Waals surface area contributed by atoms with E-state index in [2.05, 4.69) is 120 Å². The number of pyridine rings is 1. The Balaban J connectivity index is 1.35. The predicted molar refractivity (Wildman–Crippen MR) is 167 cm³/mol. The molecule has 0 fully saturated rings. The molecule has 0 saturated carbocycles. The van der Waals surface area contributed by atoms with Gasteiger partial charge in [0.25, 0.3) is 5.56 Å². The summed E-state index contributed by atoms with van der Waals surface area (Å²) < 4.78 is 4.14. The molecular weight excluding hydrogens is 488 g/mol. The van der Waals surface area contributed by atoms with Gasteiger partial charge >= 0.3 is 0 Å². The average Bonchev–Trinajstić information content (AvgIpc) is 3.36. The highest BCUT2D eigenvalue weighted by Crippen LogP contribution is 2.33. The Morgan fingerprint density at radius 1 is 0.350 bits per heavy atom. The van der Waals surface area contributed by atoms with Crippen LogP contribution in [0.2, 0.25) is 0 Å². The average molecular weight is 513 g/mol. The molecule has 0 aliphatic carbocycles. The summed E-state index contributed by atoms with van der Waals surface area (Å²) in [4.78, 5) is 13.9. The highest BCUT2D eigenvalue weighted by Gasteiger charge is 2.15. The second kappa shape index (κ2) is 8.82. The van der Waals surface area contributed by atoms with Crippen molar-refractivity contribution in [1.82, 2.24) is 9.13 Å². The van der Waals surface area contributed by atoms with Crippen molar-refractivity contribution in [3.8, 4) is 22.5 Å². The minimum atomic E-state index is -0.0137. The lowest BCUT2D eigenvalue weighted by molar-refractivity contribution is 1.06. The maximum absolute atomic E-state index is 13.9. The topological polar surface area (TPSA) is 26.9 Å². The van der Waals surface area contributed by atoms with Crippen molar-refractivity contribution in [2.45, 2.75) is 0 Å². The second-order valence-electron chi connectivity index (χ2n) is 10.2. The Kier molecular flexibility index (Phi) is 4.98. The number of hydrogen-bond acceptors (Lipinski definition) is 1. The van der Waals surface area contributed by atoms with Gasteiger partial charge in [0.15, 0.2) is 0 Å². The molecule has 0 aliphatic rings. The lowest BCUT2D eigenvalue weighted by atomic mass is 9.99. The van der Waals surface area contributed by atoms with E-state index in [9.17, 15) is 4.79 Å². The van der Waals surface area contributed by atoms with Crippen molar-refractivity contribution < 1.29 is 0 Å². The minimum Gasteiger partial charge on any atom is -0.309 e. The van der Waals surface area contributed by atoms with Gasteiger partial charge in [0.1, 0.15) is 0 Å². The molecular formula is C37H24N2O. The van der Waals surface area contributed by atoms with Crippen LogP contribution in [-0.2, 0) is 0 Å². The fourth-order valence-electron chi connectivity index (χ4n) is 6.10. The Morgan fingerprint density at radius 3 is 1.50 bits per heavy atom. The van der Waals surface area contributed by atoms with Crippen LogP contribution in [-0.4, -0.2) is 9.13 Å². The van der Waals surface area contributed by atoms with Crippen molar-refractivity contribution in [1.29, 1.82) is 0 Å². The number of hydrogen-bond donors (Lipinski definition) is 0. The number of fused-ring (bicyclic) bond motifs is 6. The normalized spacial score (nSPS) is 11.6. The summed E-state index contributed by atoms with van der Waals surface area (Å²) >= 11 is 0. The van der Waals surface area contributed by atoms with Gasteiger partial charge in [0, 0.05) is 32.9 Å². The van der Waals surface area contributed by atoms with Crippen LogP contribution in [0.25, 0.3) is 66.0 Å². The monoisotopic (exact) mass is 512 g/mol. The van der Waals surface area contributed by atoms with Crippen LogP contribution in [0.1, 0.15) is 0 Å². The number of aromatic nitrogens is 2. The smallest absolute Gasteiger partial charge is 0.263 e. The summed E-state index contributed by atoms with van der Waals surface area (Å²) in [5.74, 6) is 0. The molecule has 6 aromatic carbocycles. The summed E-state index contributed by atoms with van der Waals surface area (Å²) in [6.45, 7) is 0. The van der Waals surface area contributed by atoms with E-state index < -0.39 is 0 Å². The standard InChI is InChI=1S/C37H24N2O/c40-37-32-15-5-4-12-29(32)33-24-26(25-10-2-1-3-11-25)18-23-36(33)39(37)28-21-19-27(20-22-28)38-34-16-8-6-13-30(34)31-14-7-9-17-35(31)38/h1-24H. The van der Waals surface area contributed by atoms with Crippen LogP contribution >= 0.6 is 0 Å². The first-order chi connectivity index (χ1) is 19.8. The molecule has 0 spiro atoms. The van der Waals surface area contributed by atoms with Gasteiger partial charge in [0.05, 0.1) is 16.6 Å². The molecule has 0 saturated heterocycles. The highest BCUT2D eigenvalue weighted by molar-refractivity contribution is 6.09. The van der Waals surface area contributed by atoms with E-state index in [4.69, 9.17) is 0 Å².